The van der Waals surface area contributed by atoms with Crippen molar-refractivity contribution in [3.8, 4) is 0 Å². The first-order valence-corrected chi connectivity index (χ1v) is 7.77. The summed E-state index contributed by atoms with van der Waals surface area (Å²) in [6.45, 7) is 1.92. The van der Waals surface area contributed by atoms with Crippen LogP contribution in [0, 0.1) is 0 Å². The summed E-state index contributed by atoms with van der Waals surface area (Å²) in [4.78, 5) is 22.3. The lowest BCUT2D eigenvalue weighted by molar-refractivity contribution is -0.126. The minimum Gasteiger partial charge on any atom is -0.478 e. The molecule has 0 saturated carbocycles. The lowest BCUT2D eigenvalue weighted by Crippen LogP contribution is -2.55. The van der Waals surface area contributed by atoms with Crippen LogP contribution in [0.5, 0.6) is 0 Å². The first kappa shape index (κ1) is 14.0. The van der Waals surface area contributed by atoms with Crippen molar-refractivity contribution in [2.45, 2.75) is 17.2 Å². The highest BCUT2D eigenvalue weighted by atomic mass is 32.2. The van der Waals surface area contributed by atoms with E-state index < -0.39 is 22.0 Å². The number of sulfonamides is 1. The summed E-state index contributed by atoms with van der Waals surface area (Å²) >= 11 is 0.840. The van der Waals surface area contributed by atoms with Gasteiger partial charge in [0.2, 0.25) is 5.91 Å². The molecule has 1 fully saturated rings. The predicted octanol–water partition coefficient (Wildman–Crippen LogP) is -0.0447. The maximum Gasteiger partial charge on any atom is 0.336 e. The lowest BCUT2D eigenvalue weighted by Gasteiger charge is -2.31. The Hall–Kier alpha value is -1.45. The van der Waals surface area contributed by atoms with Crippen molar-refractivity contribution in [2.24, 2.45) is 0 Å². The summed E-state index contributed by atoms with van der Waals surface area (Å²) < 4.78 is 25.7. The summed E-state index contributed by atoms with van der Waals surface area (Å²) in [7, 11) is -3.83. The van der Waals surface area contributed by atoms with E-state index in [0.29, 0.717) is 0 Å². The number of hydrogen-bond acceptors (Lipinski definition) is 5. The van der Waals surface area contributed by atoms with Crippen molar-refractivity contribution in [2.75, 3.05) is 13.1 Å². The van der Waals surface area contributed by atoms with Crippen LogP contribution < -0.4 is 5.32 Å². The molecule has 19 heavy (non-hydrogen) atoms. The fourth-order valence-corrected chi connectivity index (χ4v) is 4.64. The highest BCUT2D eigenvalue weighted by molar-refractivity contribution is 7.91. The number of carbonyl (C=O) groups excluding carboxylic acids is 1. The van der Waals surface area contributed by atoms with Gasteiger partial charge < -0.3 is 10.4 Å². The number of piperazine rings is 1. The largest absolute Gasteiger partial charge is 0.478 e. The third kappa shape index (κ3) is 2.48. The molecule has 1 aliphatic rings. The second-order valence-electron chi connectivity index (χ2n) is 4.04. The van der Waals surface area contributed by atoms with Crippen LogP contribution in [0.4, 0.5) is 0 Å². The van der Waals surface area contributed by atoms with Crippen molar-refractivity contribution < 1.29 is 23.1 Å². The maximum atomic E-state index is 12.3. The van der Waals surface area contributed by atoms with E-state index in [9.17, 15) is 18.0 Å². The second kappa shape index (κ2) is 4.91. The first-order valence-electron chi connectivity index (χ1n) is 5.45. The normalized spacial score (nSPS) is 21.1. The average Bonchev–Trinajstić information content (AvgIpc) is 2.82. The van der Waals surface area contributed by atoms with Gasteiger partial charge >= 0.3 is 5.97 Å². The Bertz CT molecular complexity index is 622. The van der Waals surface area contributed by atoms with Crippen LogP contribution in [0.25, 0.3) is 0 Å². The van der Waals surface area contributed by atoms with Gasteiger partial charge in [0.05, 0.1) is 5.56 Å². The van der Waals surface area contributed by atoms with Crippen molar-refractivity contribution in [3.05, 3.63) is 17.0 Å². The Kier molecular flexibility index (Phi) is 3.61. The Labute approximate surface area is 113 Å². The average molecular weight is 304 g/mol. The monoisotopic (exact) mass is 304 g/mol. The summed E-state index contributed by atoms with van der Waals surface area (Å²) in [6, 6.07) is 0.316. The quantitative estimate of drug-likeness (QED) is 0.815. The topological polar surface area (TPSA) is 104 Å². The molecule has 0 radical (unpaired) electrons. The van der Waals surface area contributed by atoms with Crippen LogP contribution in [0.1, 0.15) is 17.3 Å². The molecule has 1 amide bonds. The van der Waals surface area contributed by atoms with Crippen LogP contribution in [0.3, 0.4) is 0 Å². The van der Waals surface area contributed by atoms with Gasteiger partial charge in [0.25, 0.3) is 10.0 Å². The number of aromatic carboxylic acids is 1. The molecule has 104 valence electrons. The van der Waals surface area contributed by atoms with Gasteiger partial charge in [0.1, 0.15) is 10.3 Å². The van der Waals surface area contributed by atoms with Gasteiger partial charge in [-0.05, 0) is 13.0 Å². The molecule has 2 heterocycles. The van der Waals surface area contributed by atoms with E-state index in [1.54, 1.807) is 0 Å². The van der Waals surface area contributed by atoms with Crippen molar-refractivity contribution >= 4 is 33.2 Å². The van der Waals surface area contributed by atoms with E-state index >= 15 is 0 Å². The van der Waals surface area contributed by atoms with E-state index in [1.165, 1.54) is 12.3 Å². The molecular weight excluding hydrogens is 292 g/mol. The third-order valence-electron chi connectivity index (χ3n) is 2.83. The molecule has 0 aromatic carbocycles. The molecular formula is C10H12N2O5S2. The molecule has 1 unspecified atom stereocenters. The molecule has 1 aromatic heterocycles. The summed E-state index contributed by atoms with van der Waals surface area (Å²) in [6.07, 6.45) is 0. The minimum absolute atomic E-state index is 0.0635. The van der Waals surface area contributed by atoms with E-state index in [-0.39, 0.29) is 28.8 Å². The number of nitrogens with one attached hydrogen (secondary N) is 1. The number of amides is 1. The molecule has 0 aliphatic carbocycles. The molecule has 1 aromatic rings. The van der Waals surface area contributed by atoms with E-state index in [4.69, 9.17) is 5.11 Å². The summed E-state index contributed by atoms with van der Waals surface area (Å²) in [5, 5.41) is 12.6. The number of carboxylic acids is 1. The Morgan fingerprint density at radius 2 is 2.26 bits per heavy atom. The second-order valence-corrected chi connectivity index (χ2v) is 7.07. The van der Waals surface area contributed by atoms with Crippen LogP contribution in [0.2, 0.25) is 0 Å². The molecule has 2 N–H and O–H groups in total. The summed E-state index contributed by atoms with van der Waals surface area (Å²) in [5.74, 6) is -1.54. The number of thiophene rings is 1. The molecule has 0 bridgehead atoms. The standard InChI is InChI=1S/C10H12N2O5S2/c1-6-9(13)11-2-3-12(6)19(16,17)8-4-7(5-18-8)10(14)15/h4-6H,2-3H2,1H3,(H,11,13)(H,14,15). The van der Waals surface area contributed by atoms with Gasteiger partial charge in [-0.3, -0.25) is 4.79 Å². The highest BCUT2D eigenvalue weighted by Crippen LogP contribution is 2.26. The van der Waals surface area contributed by atoms with Crippen LogP contribution in [-0.2, 0) is 14.8 Å². The van der Waals surface area contributed by atoms with Crippen molar-refractivity contribution in [3.63, 3.8) is 0 Å². The first-order chi connectivity index (χ1) is 8.84. The zero-order valence-corrected chi connectivity index (χ0v) is 11.6. The molecule has 2 rings (SSSR count). The number of nitrogens with zero attached hydrogens (tertiary/aromatic N) is 1. The number of carbonyl (C=O) groups is 2. The van der Waals surface area contributed by atoms with Gasteiger partial charge in [-0.1, -0.05) is 0 Å². The van der Waals surface area contributed by atoms with Crippen molar-refractivity contribution in [1.29, 1.82) is 0 Å². The van der Waals surface area contributed by atoms with Crippen LogP contribution in [-0.4, -0.2) is 48.8 Å². The zero-order valence-electron chi connectivity index (χ0n) is 9.99. The SMILES string of the molecule is CC1C(=O)NCCN1S(=O)(=O)c1cc(C(=O)O)cs1. The Morgan fingerprint density at radius 1 is 1.58 bits per heavy atom. The molecule has 7 nitrogen and oxygen atoms in total. The zero-order chi connectivity index (χ0) is 14.2. The van der Waals surface area contributed by atoms with Gasteiger partial charge in [0, 0.05) is 18.5 Å². The maximum absolute atomic E-state index is 12.3. The van der Waals surface area contributed by atoms with Gasteiger partial charge in [-0.15, -0.1) is 11.3 Å². The minimum atomic E-state index is -3.83. The predicted molar refractivity (Wildman–Crippen MR) is 67.6 cm³/mol. The van der Waals surface area contributed by atoms with Gasteiger partial charge in [-0.2, -0.15) is 4.31 Å². The van der Waals surface area contributed by atoms with Gasteiger partial charge in [0.15, 0.2) is 0 Å². The van der Waals surface area contributed by atoms with Gasteiger partial charge in [-0.25, -0.2) is 13.2 Å². The van der Waals surface area contributed by atoms with E-state index in [0.717, 1.165) is 21.7 Å². The summed E-state index contributed by atoms with van der Waals surface area (Å²) in [5.41, 5.74) is -0.0716. The Balaban J connectivity index is 2.35. The fraction of sp³-hybridized carbons (Fsp3) is 0.400. The number of carboxylic acid groups (broad SMARTS) is 1. The third-order valence-corrected chi connectivity index (χ3v) is 6.21. The van der Waals surface area contributed by atoms with Crippen LogP contribution >= 0.6 is 11.3 Å². The fourth-order valence-electron chi connectivity index (χ4n) is 1.77. The van der Waals surface area contributed by atoms with E-state index in [1.807, 2.05) is 0 Å². The van der Waals surface area contributed by atoms with Crippen molar-refractivity contribution in [1.82, 2.24) is 9.62 Å². The smallest absolute Gasteiger partial charge is 0.336 e. The molecule has 0 spiro atoms. The lowest BCUT2D eigenvalue weighted by atomic mass is 10.2. The highest BCUT2D eigenvalue weighted by Gasteiger charge is 2.36. The number of rotatable bonds is 3. The molecule has 1 saturated heterocycles. The Morgan fingerprint density at radius 3 is 2.84 bits per heavy atom. The molecule has 1 aliphatic heterocycles. The number of hydrogen-bond donors (Lipinski definition) is 2. The van der Waals surface area contributed by atoms with Crippen LogP contribution in [0.15, 0.2) is 15.7 Å². The molecule has 9 heteroatoms. The van der Waals surface area contributed by atoms with E-state index in [2.05, 4.69) is 5.32 Å². The molecule has 1 atom stereocenters.